The van der Waals surface area contributed by atoms with Crippen molar-refractivity contribution in [2.24, 2.45) is 0 Å². The minimum atomic E-state index is 0.112. The maximum atomic E-state index is 9.86. The number of nitriles is 2. The number of rotatable bonds is 3. The van der Waals surface area contributed by atoms with Crippen molar-refractivity contribution in [2.45, 2.75) is 6.04 Å². The van der Waals surface area contributed by atoms with Gasteiger partial charge in [0.1, 0.15) is 0 Å². The van der Waals surface area contributed by atoms with Crippen LogP contribution in [-0.2, 0) is 0 Å². The third kappa shape index (κ3) is 4.08. The zero-order valence-corrected chi connectivity index (χ0v) is 26.9. The molecular weight excluding hydrogens is 607 g/mol. The number of nitrogens with zero attached hydrogens (tertiary/aromatic N) is 2. The molecule has 230 valence electrons. The quantitative estimate of drug-likeness (QED) is 0.197. The summed E-state index contributed by atoms with van der Waals surface area (Å²) >= 11 is 0. The Bertz CT molecular complexity index is 2930. The van der Waals surface area contributed by atoms with Crippen molar-refractivity contribution < 1.29 is 0 Å². The van der Waals surface area contributed by atoms with E-state index >= 15 is 0 Å². The fourth-order valence-electron chi connectivity index (χ4n) is 8.27. The molecule has 10 rings (SSSR count). The molecule has 0 spiro atoms. The van der Waals surface area contributed by atoms with Crippen LogP contribution in [0.25, 0.3) is 87.6 Å². The number of hydrogen-bond donors (Lipinski definition) is 1. The van der Waals surface area contributed by atoms with E-state index in [1.165, 1.54) is 38.6 Å². The molecule has 1 aliphatic carbocycles. The van der Waals surface area contributed by atoms with Crippen molar-refractivity contribution in [3.8, 4) is 56.6 Å². The second-order valence-corrected chi connectivity index (χ2v) is 13.1. The lowest BCUT2D eigenvalue weighted by molar-refractivity contribution is 0.752. The second kappa shape index (κ2) is 10.8. The van der Waals surface area contributed by atoms with E-state index in [1.807, 2.05) is 48.7 Å². The molecule has 1 heterocycles. The van der Waals surface area contributed by atoms with Crippen molar-refractivity contribution in [2.75, 3.05) is 0 Å². The minimum absolute atomic E-state index is 0.112. The van der Waals surface area contributed by atoms with Crippen LogP contribution in [0.3, 0.4) is 0 Å². The van der Waals surface area contributed by atoms with Gasteiger partial charge < -0.3 is 5.32 Å². The van der Waals surface area contributed by atoms with Gasteiger partial charge in [-0.3, -0.25) is 0 Å². The second-order valence-electron chi connectivity index (χ2n) is 13.1. The smallest absolute Gasteiger partial charge is 0.0991 e. The summed E-state index contributed by atoms with van der Waals surface area (Å²) in [6, 6.07) is 49.8. The SMILES string of the molecule is N#Cc1cccc(-c2cc3c4cc5c(cc4c(-c4cccc(C#N)c4)cc3c3ccccc23)-c2cccc3c(C4C=CC=CN4)ccc-5c23)c1. The lowest BCUT2D eigenvalue weighted by Gasteiger charge is -2.19. The van der Waals surface area contributed by atoms with Gasteiger partial charge in [-0.25, -0.2) is 0 Å². The first-order chi connectivity index (χ1) is 24.7. The molecular formula is C47H27N3. The fraction of sp³-hybridized carbons (Fsp3) is 0.0213. The van der Waals surface area contributed by atoms with Gasteiger partial charge in [-0.15, -0.1) is 0 Å². The van der Waals surface area contributed by atoms with Crippen molar-refractivity contribution >= 4 is 43.1 Å². The molecule has 2 aliphatic rings. The lowest BCUT2D eigenvalue weighted by Crippen LogP contribution is -2.15. The molecule has 0 bridgehead atoms. The molecule has 0 saturated heterocycles. The third-order valence-corrected chi connectivity index (χ3v) is 10.5. The average molecular weight is 634 g/mol. The Kier molecular flexibility index (Phi) is 6.07. The number of nitrogens with one attached hydrogen (secondary N) is 1. The lowest BCUT2D eigenvalue weighted by atomic mass is 9.85. The summed E-state index contributed by atoms with van der Waals surface area (Å²) in [5.41, 5.74) is 11.7. The summed E-state index contributed by atoms with van der Waals surface area (Å²) in [6.45, 7) is 0. The molecule has 0 fully saturated rings. The number of fused-ring (bicyclic) bond motifs is 8. The van der Waals surface area contributed by atoms with Crippen LogP contribution in [0.2, 0.25) is 0 Å². The molecule has 1 unspecified atom stereocenters. The van der Waals surface area contributed by atoms with Crippen LogP contribution in [0.15, 0.2) is 152 Å². The van der Waals surface area contributed by atoms with Crippen LogP contribution < -0.4 is 5.32 Å². The third-order valence-electron chi connectivity index (χ3n) is 10.5. The van der Waals surface area contributed by atoms with Gasteiger partial charge in [-0.1, -0.05) is 91.0 Å². The topological polar surface area (TPSA) is 59.6 Å². The Hall–Kier alpha value is -6.94. The van der Waals surface area contributed by atoms with Crippen LogP contribution in [0.1, 0.15) is 22.7 Å². The van der Waals surface area contributed by atoms with Crippen LogP contribution >= 0.6 is 0 Å². The predicted octanol–water partition coefficient (Wildman–Crippen LogP) is 11.7. The highest BCUT2D eigenvalue weighted by atomic mass is 14.9. The highest BCUT2D eigenvalue weighted by Crippen LogP contribution is 2.52. The Morgan fingerprint density at radius 1 is 0.440 bits per heavy atom. The molecule has 1 N–H and O–H groups in total. The molecule has 50 heavy (non-hydrogen) atoms. The highest BCUT2D eigenvalue weighted by Gasteiger charge is 2.26. The summed E-state index contributed by atoms with van der Waals surface area (Å²) in [6.07, 6.45) is 8.36. The van der Waals surface area contributed by atoms with Crippen molar-refractivity contribution in [1.29, 1.82) is 10.5 Å². The largest absolute Gasteiger partial charge is 0.381 e. The first-order valence-corrected chi connectivity index (χ1v) is 16.8. The fourth-order valence-corrected chi connectivity index (χ4v) is 8.27. The van der Waals surface area contributed by atoms with E-state index in [-0.39, 0.29) is 6.04 Å². The average Bonchev–Trinajstić information content (AvgIpc) is 3.50. The van der Waals surface area contributed by atoms with Crippen molar-refractivity contribution in [1.82, 2.24) is 5.32 Å². The molecule has 1 atom stereocenters. The van der Waals surface area contributed by atoms with Gasteiger partial charge >= 0.3 is 0 Å². The molecule has 3 nitrogen and oxygen atoms in total. The Morgan fingerprint density at radius 2 is 1.02 bits per heavy atom. The maximum Gasteiger partial charge on any atom is 0.0991 e. The van der Waals surface area contributed by atoms with Gasteiger partial charge in [0.05, 0.1) is 29.3 Å². The molecule has 0 saturated carbocycles. The van der Waals surface area contributed by atoms with Crippen molar-refractivity contribution in [3.63, 3.8) is 0 Å². The predicted molar refractivity (Wildman–Crippen MR) is 205 cm³/mol. The standard InChI is InChI=1S/C47H27N3/c48-26-28-8-5-10-30(20-28)38-22-44-40(33-13-2-1-12-32(33)38)23-39(31-11-6-9-29(21-31)27-49)43-24-41-36-15-7-14-35-34(46-16-3-4-19-50-46)17-18-37(47(35)36)42(41)25-45(43)44/h1-25,46,50H. The van der Waals surface area contributed by atoms with E-state index in [9.17, 15) is 10.5 Å². The minimum Gasteiger partial charge on any atom is -0.381 e. The summed E-state index contributed by atoms with van der Waals surface area (Å²) in [5.74, 6) is 0. The van der Waals surface area contributed by atoms with Gasteiger partial charge in [0.2, 0.25) is 0 Å². The van der Waals surface area contributed by atoms with Crippen LogP contribution in [-0.4, -0.2) is 0 Å². The zero-order chi connectivity index (χ0) is 33.3. The summed E-state index contributed by atoms with van der Waals surface area (Å²) in [5, 5.41) is 32.6. The van der Waals surface area contributed by atoms with Gasteiger partial charge in [-0.05, 0) is 154 Å². The molecule has 0 aromatic heterocycles. The molecule has 1 aliphatic heterocycles. The number of allylic oxidation sites excluding steroid dienone is 2. The van der Waals surface area contributed by atoms with Crippen LogP contribution in [0.5, 0.6) is 0 Å². The normalized spacial score (nSPS) is 14.2. The summed E-state index contributed by atoms with van der Waals surface area (Å²) in [4.78, 5) is 0. The highest BCUT2D eigenvalue weighted by molar-refractivity contribution is 6.27. The van der Waals surface area contributed by atoms with E-state index in [2.05, 4.69) is 121 Å². The van der Waals surface area contributed by atoms with Crippen molar-refractivity contribution in [3.05, 3.63) is 169 Å². The Labute approximate surface area is 289 Å². The van der Waals surface area contributed by atoms with E-state index in [1.54, 1.807) is 0 Å². The summed E-state index contributed by atoms with van der Waals surface area (Å²) < 4.78 is 0. The molecule has 0 amide bonds. The molecule has 8 aromatic carbocycles. The Balaban J connectivity index is 1.33. The molecule has 3 heteroatoms. The van der Waals surface area contributed by atoms with Gasteiger partial charge in [0, 0.05) is 0 Å². The van der Waals surface area contributed by atoms with Crippen LogP contribution in [0, 0.1) is 22.7 Å². The monoisotopic (exact) mass is 633 g/mol. The van der Waals surface area contributed by atoms with E-state index in [0.717, 1.165) is 54.6 Å². The maximum absolute atomic E-state index is 9.86. The Morgan fingerprint density at radius 3 is 1.72 bits per heavy atom. The number of benzene rings is 8. The van der Waals surface area contributed by atoms with E-state index < -0.39 is 0 Å². The first kappa shape index (κ1) is 28.1. The first-order valence-electron chi connectivity index (χ1n) is 16.8. The molecule has 8 aromatic rings. The summed E-state index contributed by atoms with van der Waals surface area (Å²) in [7, 11) is 0. The number of hydrogen-bond acceptors (Lipinski definition) is 3. The van der Waals surface area contributed by atoms with E-state index in [0.29, 0.717) is 11.1 Å². The van der Waals surface area contributed by atoms with E-state index in [4.69, 9.17) is 0 Å². The van der Waals surface area contributed by atoms with Gasteiger partial charge in [0.15, 0.2) is 0 Å². The zero-order valence-electron chi connectivity index (χ0n) is 26.9. The number of dihydropyridines is 1. The molecule has 0 radical (unpaired) electrons. The van der Waals surface area contributed by atoms with Gasteiger partial charge in [0.25, 0.3) is 0 Å². The van der Waals surface area contributed by atoms with Crippen LogP contribution in [0.4, 0.5) is 0 Å². The van der Waals surface area contributed by atoms with Gasteiger partial charge in [-0.2, -0.15) is 10.5 Å².